The summed E-state index contributed by atoms with van der Waals surface area (Å²) in [6.45, 7) is 0. The first-order chi connectivity index (χ1) is 10.4. The molecule has 3 aromatic rings. The Morgan fingerprint density at radius 1 is 1.14 bits per heavy atom. The molecule has 22 heavy (non-hydrogen) atoms. The molecule has 0 aliphatic heterocycles. The quantitative estimate of drug-likeness (QED) is 0.739. The van der Waals surface area contributed by atoms with Crippen LogP contribution in [0.15, 0.2) is 36.5 Å². The van der Waals surface area contributed by atoms with Crippen molar-refractivity contribution in [2.45, 2.75) is 6.18 Å². The number of aromatic nitrogens is 3. The van der Waals surface area contributed by atoms with E-state index in [1.165, 1.54) is 17.6 Å². The lowest BCUT2D eigenvalue weighted by Gasteiger charge is -2.08. The van der Waals surface area contributed by atoms with Crippen molar-refractivity contribution in [2.24, 2.45) is 0 Å². The van der Waals surface area contributed by atoms with Gasteiger partial charge in [-0.2, -0.15) is 13.2 Å². The molecule has 0 aliphatic rings. The van der Waals surface area contributed by atoms with Crippen LogP contribution in [0.25, 0.3) is 17.0 Å². The molecule has 0 saturated heterocycles. The molecule has 0 radical (unpaired) electrons. The van der Waals surface area contributed by atoms with E-state index in [-0.39, 0.29) is 5.82 Å². The Balaban J connectivity index is 2.16. The van der Waals surface area contributed by atoms with Crippen LogP contribution >= 0.6 is 0 Å². The highest BCUT2D eigenvalue weighted by Crippen LogP contribution is 2.31. The number of ether oxygens (including phenoxy) is 1. The molecule has 8 heteroatoms. The van der Waals surface area contributed by atoms with E-state index in [0.717, 1.165) is 12.3 Å². The lowest BCUT2D eigenvalue weighted by Crippen LogP contribution is -2.06. The van der Waals surface area contributed by atoms with Crippen LogP contribution in [-0.4, -0.2) is 21.7 Å². The molecule has 2 N–H and O–H groups in total. The zero-order chi connectivity index (χ0) is 15.9. The third kappa shape index (κ3) is 2.32. The van der Waals surface area contributed by atoms with Gasteiger partial charge in [0.15, 0.2) is 11.5 Å². The topological polar surface area (TPSA) is 65.4 Å². The van der Waals surface area contributed by atoms with Crippen molar-refractivity contribution in [3.8, 4) is 17.1 Å². The van der Waals surface area contributed by atoms with Crippen LogP contribution in [-0.2, 0) is 6.18 Å². The number of anilines is 1. The van der Waals surface area contributed by atoms with Crippen molar-refractivity contribution in [3.05, 3.63) is 42.1 Å². The maximum Gasteiger partial charge on any atom is 0.417 e. The number of rotatable bonds is 2. The van der Waals surface area contributed by atoms with E-state index in [0.29, 0.717) is 22.6 Å². The van der Waals surface area contributed by atoms with Crippen LogP contribution < -0.4 is 10.5 Å². The van der Waals surface area contributed by atoms with Gasteiger partial charge in [0.05, 0.1) is 18.4 Å². The van der Waals surface area contributed by atoms with Crippen LogP contribution in [0.2, 0.25) is 0 Å². The molecule has 0 atom stereocenters. The summed E-state index contributed by atoms with van der Waals surface area (Å²) in [5.41, 5.74) is 6.27. The molecular weight excluding hydrogens is 297 g/mol. The summed E-state index contributed by atoms with van der Waals surface area (Å²) < 4.78 is 44.8. The zero-order valence-corrected chi connectivity index (χ0v) is 11.4. The van der Waals surface area contributed by atoms with E-state index in [1.807, 2.05) is 0 Å². The predicted octanol–water partition coefficient (Wildman–Crippen LogP) is 3.01. The van der Waals surface area contributed by atoms with Gasteiger partial charge in [0.1, 0.15) is 5.75 Å². The average molecular weight is 308 g/mol. The Hall–Kier alpha value is -2.77. The highest BCUT2D eigenvalue weighted by atomic mass is 19.4. The Morgan fingerprint density at radius 3 is 2.55 bits per heavy atom. The highest BCUT2D eigenvalue weighted by Gasteiger charge is 2.31. The Bertz CT molecular complexity index is 842. The van der Waals surface area contributed by atoms with Gasteiger partial charge < -0.3 is 10.5 Å². The fourth-order valence-corrected chi connectivity index (χ4v) is 2.13. The summed E-state index contributed by atoms with van der Waals surface area (Å²) in [4.78, 5) is 0. The first-order valence-electron chi connectivity index (χ1n) is 6.26. The molecule has 3 rings (SSSR count). The summed E-state index contributed by atoms with van der Waals surface area (Å²) in [5.74, 6) is 0.754. The highest BCUT2D eigenvalue weighted by molar-refractivity contribution is 5.68. The number of alkyl halides is 3. The van der Waals surface area contributed by atoms with Crippen LogP contribution in [0.3, 0.4) is 0 Å². The fraction of sp³-hybridized carbons (Fsp3) is 0.143. The molecule has 2 aromatic heterocycles. The van der Waals surface area contributed by atoms with Crippen LogP contribution in [0, 0.1) is 0 Å². The average Bonchev–Trinajstić information content (AvgIpc) is 2.89. The number of nitrogens with two attached hydrogens (primary N) is 1. The first kappa shape index (κ1) is 14.2. The summed E-state index contributed by atoms with van der Waals surface area (Å²) in [5, 5.41) is 7.80. The van der Waals surface area contributed by atoms with Crippen molar-refractivity contribution in [3.63, 3.8) is 0 Å². The maximum atomic E-state index is 12.8. The van der Waals surface area contributed by atoms with Gasteiger partial charge >= 0.3 is 6.18 Å². The number of nitrogen functional groups attached to an aromatic ring is 1. The van der Waals surface area contributed by atoms with Crippen molar-refractivity contribution in [2.75, 3.05) is 12.8 Å². The lowest BCUT2D eigenvalue weighted by molar-refractivity contribution is -0.137. The number of pyridine rings is 1. The SMILES string of the molecule is COc1ccc(-c2nnc3ccc(C(F)(F)F)cn23)cc1N. The maximum absolute atomic E-state index is 12.8. The largest absolute Gasteiger partial charge is 0.495 e. The summed E-state index contributed by atoms with van der Waals surface area (Å²) >= 11 is 0. The second kappa shape index (κ2) is 4.90. The number of methoxy groups -OCH3 is 1. The van der Waals surface area contributed by atoms with Crippen LogP contribution in [0.5, 0.6) is 5.75 Å². The molecule has 0 amide bonds. The summed E-state index contributed by atoms with van der Waals surface area (Å²) in [7, 11) is 1.48. The molecule has 1 aromatic carbocycles. The Labute approximate surface area is 123 Å². The van der Waals surface area contributed by atoms with Crippen molar-refractivity contribution in [1.82, 2.24) is 14.6 Å². The molecule has 0 fully saturated rings. The number of hydrogen-bond acceptors (Lipinski definition) is 4. The minimum absolute atomic E-state index is 0.274. The van der Waals surface area contributed by atoms with Crippen LogP contribution in [0.1, 0.15) is 5.56 Å². The van der Waals surface area contributed by atoms with Crippen molar-refractivity contribution in [1.29, 1.82) is 0 Å². The van der Waals surface area contributed by atoms with E-state index in [2.05, 4.69) is 10.2 Å². The zero-order valence-electron chi connectivity index (χ0n) is 11.4. The van der Waals surface area contributed by atoms with Crippen molar-refractivity contribution >= 4 is 11.3 Å². The van der Waals surface area contributed by atoms with Gasteiger partial charge in [-0.05, 0) is 30.3 Å². The molecule has 5 nitrogen and oxygen atoms in total. The van der Waals surface area contributed by atoms with E-state index >= 15 is 0 Å². The van der Waals surface area contributed by atoms with E-state index in [1.54, 1.807) is 18.2 Å². The third-order valence-electron chi connectivity index (χ3n) is 3.22. The molecule has 0 unspecified atom stereocenters. The molecule has 0 spiro atoms. The third-order valence-corrected chi connectivity index (χ3v) is 3.22. The molecule has 2 heterocycles. The predicted molar refractivity (Wildman–Crippen MR) is 74.4 cm³/mol. The van der Waals surface area contributed by atoms with Crippen molar-refractivity contribution < 1.29 is 17.9 Å². The lowest BCUT2D eigenvalue weighted by atomic mass is 10.1. The number of benzene rings is 1. The van der Waals surface area contributed by atoms with Crippen LogP contribution in [0.4, 0.5) is 18.9 Å². The number of hydrogen-bond donors (Lipinski definition) is 1. The van der Waals surface area contributed by atoms with Gasteiger partial charge in [-0.25, -0.2) is 0 Å². The van der Waals surface area contributed by atoms with Gasteiger partial charge in [0.25, 0.3) is 0 Å². The van der Waals surface area contributed by atoms with E-state index < -0.39 is 11.7 Å². The summed E-state index contributed by atoms with van der Waals surface area (Å²) in [6, 6.07) is 7.10. The Kier molecular flexibility index (Phi) is 3.16. The minimum atomic E-state index is -4.44. The molecule has 0 bridgehead atoms. The minimum Gasteiger partial charge on any atom is -0.495 e. The van der Waals surface area contributed by atoms with Gasteiger partial charge in [0, 0.05) is 11.8 Å². The molecule has 0 saturated carbocycles. The molecule has 0 aliphatic carbocycles. The smallest absolute Gasteiger partial charge is 0.417 e. The monoisotopic (exact) mass is 308 g/mol. The molecular formula is C14H11F3N4O. The standard InChI is InChI=1S/C14H11F3N4O/c1-22-11-4-2-8(6-10(11)18)13-20-19-12-5-3-9(7-21(12)13)14(15,16)17/h2-7H,18H2,1H3. The number of halogens is 3. The second-order valence-corrected chi connectivity index (χ2v) is 4.62. The fourth-order valence-electron chi connectivity index (χ4n) is 2.13. The normalized spacial score (nSPS) is 11.8. The van der Waals surface area contributed by atoms with E-state index in [9.17, 15) is 13.2 Å². The first-order valence-corrected chi connectivity index (χ1v) is 6.26. The molecule has 114 valence electrons. The van der Waals surface area contributed by atoms with E-state index in [4.69, 9.17) is 10.5 Å². The van der Waals surface area contributed by atoms with Gasteiger partial charge in [-0.15, -0.1) is 10.2 Å². The van der Waals surface area contributed by atoms with Gasteiger partial charge in [-0.3, -0.25) is 4.40 Å². The number of fused-ring (bicyclic) bond motifs is 1. The summed E-state index contributed by atoms with van der Waals surface area (Å²) in [6.07, 6.45) is -3.47. The number of nitrogens with zero attached hydrogens (tertiary/aromatic N) is 3. The van der Waals surface area contributed by atoms with Gasteiger partial charge in [0.2, 0.25) is 0 Å². The van der Waals surface area contributed by atoms with Gasteiger partial charge in [-0.1, -0.05) is 0 Å². The Morgan fingerprint density at radius 2 is 1.91 bits per heavy atom. The second-order valence-electron chi connectivity index (χ2n) is 4.62.